The van der Waals surface area contributed by atoms with Gasteiger partial charge in [-0.05, 0) is 69.2 Å². The van der Waals surface area contributed by atoms with E-state index in [0.29, 0.717) is 29.8 Å². The van der Waals surface area contributed by atoms with Gasteiger partial charge in [-0.3, -0.25) is 4.90 Å². The number of rotatable bonds is 9. The summed E-state index contributed by atoms with van der Waals surface area (Å²) >= 11 is 0. The van der Waals surface area contributed by atoms with Crippen molar-refractivity contribution in [2.75, 3.05) is 19.6 Å². The maximum atomic E-state index is 13.6. The van der Waals surface area contributed by atoms with Gasteiger partial charge in [0.1, 0.15) is 5.75 Å². The molecule has 0 spiro atoms. The topological polar surface area (TPSA) is 99.1 Å². The zero-order chi connectivity index (χ0) is 27.5. The van der Waals surface area contributed by atoms with Crippen molar-refractivity contribution in [1.82, 2.24) is 24.7 Å². The highest BCUT2D eigenvalue weighted by molar-refractivity contribution is 5.87. The molecule has 2 amide bonds. The molecule has 210 valence electrons. The molecule has 9 heteroatoms. The van der Waals surface area contributed by atoms with Crippen LogP contribution in [0.5, 0.6) is 11.8 Å². The van der Waals surface area contributed by atoms with Crippen LogP contribution in [0.3, 0.4) is 0 Å². The van der Waals surface area contributed by atoms with Crippen LogP contribution in [0.1, 0.15) is 80.4 Å². The van der Waals surface area contributed by atoms with Crippen LogP contribution in [0.15, 0.2) is 30.5 Å². The molecule has 3 aliphatic rings. The summed E-state index contributed by atoms with van der Waals surface area (Å²) in [6.07, 6.45) is 9.69. The minimum atomic E-state index is -0.976. The number of aromatic nitrogens is 2. The Balaban J connectivity index is 1.17. The van der Waals surface area contributed by atoms with E-state index in [4.69, 9.17) is 9.84 Å². The van der Waals surface area contributed by atoms with E-state index >= 15 is 0 Å². The van der Waals surface area contributed by atoms with Crippen LogP contribution in [0.2, 0.25) is 0 Å². The first kappa shape index (κ1) is 27.4. The molecule has 3 fully saturated rings. The van der Waals surface area contributed by atoms with E-state index in [9.17, 15) is 9.59 Å². The lowest BCUT2D eigenvalue weighted by Crippen LogP contribution is -2.49. The van der Waals surface area contributed by atoms with Gasteiger partial charge in [0.2, 0.25) is 0 Å². The molecule has 1 N–H and O–H groups in total. The summed E-state index contributed by atoms with van der Waals surface area (Å²) in [4.78, 5) is 40.5. The maximum absolute atomic E-state index is 13.6. The number of aromatic carboxylic acids is 1. The van der Waals surface area contributed by atoms with Gasteiger partial charge < -0.3 is 19.6 Å². The molecule has 3 heterocycles. The van der Waals surface area contributed by atoms with Crippen molar-refractivity contribution < 1.29 is 19.4 Å². The number of hydrogen-bond acceptors (Lipinski definition) is 6. The average Bonchev–Trinajstić information content (AvgIpc) is 3.54. The fourth-order valence-corrected chi connectivity index (χ4v) is 6.45. The maximum Gasteiger partial charge on any atom is 0.335 e. The first-order valence-corrected chi connectivity index (χ1v) is 14.4. The molecule has 39 heavy (non-hydrogen) atoms. The molecule has 1 aromatic heterocycles. The molecule has 5 rings (SSSR count). The normalized spacial score (nSPS) is 21.3. The monoisotopic (exact) mass is 535 g/mol. The smallest absolute Gasteiger partial charge is 0.335 e. The van der Waals surface area contributed by atoms with Crippen molar-refractivity contribution in [3.63, 3.8) is 0 Å². The molecule has 0 radical (unpaired) electrons. The van der Waals surface area contributed by atoms with E-state index < -0.39 is 5.97 Å². The van der Waals surface area contributed by atoms with E-state index in [2.05, 4.69) is 38.5 Å². The third-order valence-corrected chi connectivity index (χ3v) is 8.49. The quantitative estimate of drug-likeness (QED) is 0.463. The molecule has 9 nitrogen and oxygen atoms in total. The van der Waals surface area contributed by atoms with E-state index in [0.717, 1.165) is 69.5 Å². The Hall–Kier alpha value is -3.20. The Labute approximate surface area is 231 Å². The van der Waals surface area contributed by atoms with Crippen molar-refractivity contribution in [2.24, 2.45) is 5.92 Å². The number of hydrogen-bond donors (Lipinski definition) is 1. The van der Waals surface area contributed by atoms with Gasteiger partial charge in [-0.1, -0.05) is 26.7 Å². The second-order valence-electron chi connectivity index (χ2n) is 11.8. The molecule has 2 saturated heterocycles. The van der Waals surface area contributed by atoms with E-state index in [1.54, 1.807) is 12.1 Å². The van der Waals surface area contributed by atoms with Crippen molar-refractivity contribution in [1.29, 1.82) is 0 Å². The number of carbonyl (C=O) groups is 2. The summed E-state index contributed by atoms with van der Waals surface area (Å²) in [6.45, 7) is 10.0. The number of urea groups is 1. The molecule has 1 saturated carbocycles. The van der Waals surface area contributed by atoms with Gasteiger partial charge in [0.05, 0.1) is 11.6 Å². The van der Waals surface area contributed by atoms with Crippen molar-refractivity contribution in [3.05, 3.63) is 47.3 Å². The summed E-state index contributed by atoms with van der Waals surface area (Å²) in [5.74, 6) is 0.0939. The second-order valence-corrected chi connectivity index (χ2v) is 11.8. The summed E-state index contributed by atoms with van der Waals surface area (Å²) < 4.78 is 5.73. The van der Waals surface area contributed by atoms with Crippen LogP contribution in [-0.4, -0.2) is 79.5 Å². The highest BCUT2D eigenvalue weighted by Gasteiger charge is 2.44. The number of benzene rings is 1. The lowest BCUT2D eigenvalue weighted by Gasteiger charge is -2.39. The first-order valence-electron chi connectivity index (χ1n) is 14.4. The van der Waals surface area contributed by atoms with E-state index in [1.165, 1.54) is 25.0 Å². The minimum absolute atomic E-state index is 0.203. The Kier molecular flexibility index (Phi) is 8.35. The van der Waals surface area contributed by atoms with Crippen LogP contribution in [0.4, 0.5) is 4.79 Å². The summed E-state index contributed by atoms with van der Waals surface area (Å²) in [6, 6.07) is 7.80. The molecule has 2 aliphatic heterocycles. The van der Waals surface area contributed by atoms with Gasteiger partial charge in [-0.2, -0.15) is 4.98 Å². The number of nitrogens with zero attached hydrogens (tertiary/aromatic N) is 5. The molecular weight excluding hydrogens is 494 g/mol. The number of likely N-dealkylation sites (tertiary alicyclic amines) is 1. The van der Waals surface area contributed by atoms with Gasteiger partial charge in [0.15, 0.2) is 0 Å². The minimum Gasteiger partial charge on any atom is -0.478 e. The van der Waals surface area contributed by atoms with Gasteiger partial charge in [-0.25, -0.2) is 14.6 Å². The van der Waals surface area contributed by atoms with Gasteiger partial charge in [0, 0.05) is 55.7 Å². The first-order chi connectivity index (χ1) is 18.8. The van der Waals surface area contributed by atoms with Crippen LogP contribution in [-0.2, 0) is 6.54 Å². The summed E-state index contributed by atoms with van der Waals surface area (Å²) in [5, 5.41) is 9.05. The fourth-order valence-electron chi connectivity index (χ4n) is 6.45. The SMILES string of the molecule is Cc1nc(Oc2ccc(C(=O)O)cc2)ncc1CN1CCC(N2C(=O)N(C3CCCC3)C[C@H]2CC(C)C)CC1. The lowest BCUT2D eigenvalue weighted by atomic mass is 9.98. The molecule has 1 aromatic carbocycles. The van der Waals surface area contributed by atoms with E-state index in [-0.39, 0.29) is 17.6 Å². The second kappa shape index (κ2) is 11.9. The number of piperidine rings is 1. The van der Waals surface area contributed by atoms with Gasteiger partial charge in [0.25, 0.3) is 0 Å². The number of ether oxygens (including phenoxy) is 1. The Morgan fingerprint density at radius 2 is 1.77 bits per heavy atom. The number of amides is 2. The van der Waals surface area contributed by atoms with Crippen LogP contribution < -0.4 is 4.74 Å². The van der Waals surface area contributed by atoms with Crippen LogP contribution in [0.25, 0.3) is 0 Å². The Morgan fingerprint density at radius 3 is 2.38 bits per heavy atom. The van der Waals surface area contributed by atoms with Crippen LogP contribution in [0, 0.1) is 12.8 Å². The number of aryl methyl sites for hydroxylation is 1. The third-order valence-electron chi connectivity index (χ3n) is 8.49. The molecule has 1 atom stereocenters. The molecule has 1 aliphatic carbocycles. The van der Waals surface area contributed by atoms with Gasteiger partial charge in [-0.15, -0.1) is 0 Å². The standard InChI is InChI=1S/C30H41N5O4/c1-20(2)16-26-19-34(24-6-4-5-7-24)30(38)35(26)25-12-14-33(15-13-25)18-23-17-31-29(32-21(23)3)39-27-10-8-22(9-11-27)28(36)37/h8-11,17,20,24-26H,4-7,12-16,18-19H2,1-3H3,(H,36,37)/t26-/m1/s1. The third kappa shape index (κ3) is 6.35. The van der Waals surface area contributed by atoms with Crippen molar-refractivity contribution in [3.8, 4) is 11.8 Å². The zero-order valence-corrected chi connectivity index (χ0v) is 23.4. The van der Waals surface area contributed by atoms with Crippen LogP contribution >= 0.6 is 0 Å². The fraction of sp³-hybridized carbons (Fsp3) is 0.600. The zero-order valence-electron chi connectivity index (χ0n) is 23.4. The van der Waals surface area contributed by atoms with Crippen molar-refractivity contribution >= 4 is 12.0 Å². The molecular formula is C30H41N5O4. The predicted octanol–water partition coefficient (Wildman–Crippen LogP) is 5.33. The average molecular weight is 536 g/mol. The Morgan fingerprint density at radius 1 is 1.08 bits per heavy atom. The number of carboxylic acid groups (broad SMARTS) is 1. The largest absolute Gasteiger partial charge is 0.478 e. The Bertz CT molecular complexity index is 1160. The highest BCUT2D eigenvalue weighted by atomic mass is 16.5. The predicted molar refractivity (Wildman–Crippen MR) is 148 cm³/mol. The summed E-state index contributed by atoms with van der Waals surface area (Å²) in [7, 11) is 0. The summed E-state index contributed by atoms with van der Waals surface area (Å²) in [5.41, 5.74) is 2.13. The van der Waals surface area contributed by atoms with E-state index in [1.807, 2.05) is 13.1 Å². The van der Waals surface area contributed by atoms with Crippen molar-refractivity contribution in [2.45, 2.75) is 90.4 Å². The lowest BCUT2D eigenvalue weighted by molar-refractivity contribution is 0.0696. The molecule has 2 aromatic rings. The molecule has 0 unspecified atom stereocenters. The van der Waals surface area contributed by atoms with Gasteiger partial charge >= 0.3 is 18.0 Å². The molecule has 0 bridgehead atoms. The highest BCUT2D eigenvalue weighted by Crippen LogP contribution is 2.34. The number of carboxylic acids is 1. The number of carbonyl (C=O) groups excluding carboxylic acids is 1.